The summed E-state index contributed by atoms with van der Waals surface area (Å²) >= 11 is 23.9. The van der Waals surface area contributed by atoms with Crippen LogP contribution in [0.3, 0.4) is 0 Å². The molecule has 2 fully saturated rings. The quantitative estimate of drug-likeness (QED) is 0.0411. The van der Waals surface area contributed by atoms with E-state index in [1.54, 1.807) is 11.0 Å². The second-order valence-corrected chi connectivity index (χ2v) is 23.7. The summed E-state index contributed by atoms with van der Waals surface area (Å²) in [6.45, 7) is 8.93. The normalized spacial score (nSPS) is 17.3. The molecular formula is C65H86BrCl3IN13. The smallest absolute Gasteiger partial charge is 0.138 e. The lowest BCUT2D eigenvalue weighted by Gasteiger charge is -2.30. The maximum atomic E-state index is 6.24. The van der Waals surface area contributed by atoms with Gasteiger partial charge in [0, 0.05) is 70.0 Å². The van der Waals surface area contributed by atoms with Crippen LogP contribution in [0.5, 0.6) is 0 Å². The van der Waals surface area contributed by atoms with Gasteiger partial charge in [0.2, 0.25) is 0 Å². The summed E-state index contributed by atoms with van der Waals surface area (Å²) in [4.78, 5) is 7.52. The number of H-pyrrole nitrogens is 1. The lowest BCUT2D eigenvalue weighted by molar-refractivity contribution is 0.309. The number of likely N-dealkylation sites (N-methyl/N-ethyl adjacent to an activating group) is 4. The number of aromatic nitrogens is 6. The molecule has 8 N–H and O–H groups in total. The Morgan fingerprint density at radius 3 is 1.25 bits per heavy atom. The Kier molecular flexibility index (Phi) is 33.3. The number of hydrogen-bond acceptors (Lipinski definition) is 11. The molecule has 2 aliphatic rings. The highest BCUT2D eigenvalue weighted by molar-refractivity contribution is 14.1. The molecule has 0 aliphatic heterocycles. The number of benzene rings is 6. The van der Waals surface area contributed by atoms with E-state index in [-0.39, 0.29) is 6.04 Å². The molecule has 2 saturated carbocycles. The van der Waals surface area contributed by atoms with Crippen molar-refractivity contribution in [2.45, 2.75) is 134 Å². The molecule has 0 unspecified atom stereocenters. The van der Waals surface area contributed by atoms with Gasteiger partial charge in [-0.15, -0.1) is 0 Å². The van der Waals surface area contributed by atoms with Crippen LogP contribution in [-0.4, -0.2) is 82.3 Å². The molecule has 7 atom stereocenters. The molecule has 446 valence electrons. The minimum Gasteiger partial charge on any atom is -0.315 e. The number of aromatic amines is 1. The summed E-state index contributed by atoms with van der Waals surface area (Å²) in [5.74, 6) is 0. The van der Waals surface area contributed by atoms with E-state index < -0.39 is 0 Å². The zero-order chi connectivity index (χ0) is 59.6. The van der Waals surface area contributed by atoms with Gasteiger partial charge in [-0.05, 0) is 183 Å². The van der Waals surface area contributed by atoms with Crippen LogP contribution in [-0.2, 0) is 19.6 Å². The third-order valence-corrected chi connectivity index (χ3v) is 17.8. The van der Waals surface area contributed by atoms with E-state index in [0.717, 1.165) is 49.0 Å². The van der Waals surface area contributed by atoms with Gasteiger partial charge < -0.3 is 37.2 Å². The maximum absolute atomic E-state index is 6.24. The standard InChI is InChI=1S/C17H17ClN4.C15H15BrClN.C15H15ClIN.2C8H18N2.C2H3N3/c1-13(15-5-3-2-4-6-15)20-10-14-7-8-16(18)17(9-14)22-12-19-11-21-22;1-11(13-5-3-2-4-6-13)18-10-12-7-8-15(17)14(16)9-12;1-11(13-5-3-2-4-6-13)18-10-12-7-8-14(16)15(17)9-12;2*1-9-7-5-3-4-6-8(7)10-2;1-3-2-5-4-1/h2-9,11-13,20H,10H2,1H3;2*2-9,11,18H,10H2,1H3;2*7-10H,3-6H2,1-2H3;1-2H,(H,3,4,5)/t13-;2*11-;2*7-,8-;/m11111./s1. The lowest BCUT2D eigenvalue weighted by Crippen LogP contribution is -2.47. The zero-order valence-corrected chi connectivity index (χ0v) is 55.1. The van der Waals surface area contributed by atoms with E-state index in [2.05, 4.69) is 235 Å². The first-order chi connectivity index (χ1) is 40.3. The van der Waals surface area contributed by atoms with Crippen LogP contribution in [0.2, 0.25) is 15.1 Å². The number of nitrogens with one attached hydrogen (secondary N) is 8. The Morgan fingerprint density at radius 2 is 0.916 bits per heavy atom. The van der Waals surface area contributed by atoms with Gasteiger partial charge in [-0.2, -0.15) is 10.2 Å². The van der Waals surface area contributed by atoms with Gasteiger partial charge in [-0.25, -0.2) is 14.6 Å². The topological polar surface area (TPSA) is 156 Å². The van der Waals surface area contributed by atoms with Gasteiger partial charge in [-0.1, -0.05) is 170 Å². The molecule has 0 radical (unpaired) electrons. The fraction of sp³-hybridized carbons (Fsp3) is 0.385. The molecule has 10 rings (SSSR count). The minimum absolute atomic E-state index is 0.284. The van der Waals surface area contributed by atoms with Crippen molar-refractivity contribution in [3.05, 3.63) is 227 Å². The Labute approximate surface area is 531 Å². The molecule has 8 aromatic rings. The minimum atomic E-state index is 0.284. The highest BCUT2D eigenvalue weighted by Gasteiger charge is 2.22. The second kappa shape index (κ2) is 39.9. The highest BCUT2D eigenvalue weighted by atomic mass is 127. The average molecular weight is 1360 g/mol. The maximum Gasteiger partial charge on any atom is 0.138 e. The summed E-state index contributed by atoms with van der Waals surface area (Å²) in [5.41, 5.74) is 8.34. The van der Waals surface area contributed by atoms with Crippen molar-refractivity contribution < 1.29 is 0 Å². The molecule has 2 aromatic heterocycles. The van der Waals surface area contributed by atoms with E-state index in [0.29, 0.717) is 41.3 Å². The molecule has 0 saturated heterocycles. The van der Waals surface area contributed by atoms with Crippen LogP contribution in [0.15, 0.2) is 175 Å². The Hall–Kier alpha value is -4.60. The molecule has 0 amide bonds. The Bertz CT molecular complexity index is 2770. The van der Waals surface area contributed by atoms with Crippen molar-refractivity contribution in [3.63, 3.8) is 0 Å². The molecule has 13 nitrogen and oxygen atoms in total. The van der Waals surface area contributed by atoms with E-state index in [1.807, 2.05) is 60.7 Å². The van der Waals surface area contributed by atoms with Crippen LogP contribution in [0, 0.1) is 3.57 Å². The van der Waals surface area contributed by atoms with Crippen LogP contribution >= 0.6 is 73.3 Å². The van der Waals surface area contributed by atoms with E-state index >= 15 is 0 Å². The third-order valence-electron chi connectivity index (χ3n) is 14.7. The monoisotopic (exact) mass is 1360 g/mol. The Morgan fingerprint density at radius 1 is 0.518 bits per heavy atom. The predicted octanol–water partition coefficient (Wildman–Crippen LogP) is 14.8. The molecule has 0 bridgehead atoms. The van der Waals surface area contributed by atoms with Gasteiger partial charge in [0.25, 0.3) is 0 Å². The molecule has 6 aromatic carbocycles. The van der Waals surface area contributed by atoms with Gasteiger partial charge in [0.15, 0.2) is 0 Å². The Balaban J connectivity index is 0.000000191. The summed E-state index contributed by atoms with van der Waals surface area (Å²) in [6.07, 6.45) is 17.0. The summed E-state index contributed by atoms with van der Waals surface area (Å²) in [7, 11) is 8.22. The van der Waals surface area contributed by atoms with E-state index in [4.69, 9.17) is 34.8 Å². The van der Waals surface area contributed by atoms with Crippen molar-refractivity contribution >= 4 is 73.3 Å². The van der Waals surface area contributed by atoms with Crippen molar-refractivity contribution in [1.82, 2.24) is 67.2 Å². The first-order valence-electron chi connectivity index (χ1n) is 28.7. The van der Waals surface area contributed by atoms with Crippen molar-refractivity contribution in [2.24, 2.45) is 0 Å². The molecule has 2 heterocycles. The number of nitrogens with zero attached hydrogens (tertiary/aromatic N) is 5. The lowest BCUT2D eigenvalue weighted by atomic mass is 9.91. The van der Waals surface area contributed by atoms with Crippen molar-refractivity contribution in [1.29, 1.82) is 0 Å². The van der Waals surface area contributed by atoms with Crippen molar-refractivity contribution in [2.75, 3.05) is 28.2 Å². The van der Waals surface area contributed by atoms with Gasteiger partial charge in [0.05, 0.1) is 20.8 Å². The molecule has 83 heavy (non-hydrogen) atoms. The van der Waals surface area contributed by atoms with Crippen molar-refractivity contribution in [3.8, 4) is 5.69 Å². The fourth-order valence-electron chi connectivity index (χ4n) is 9.68. The summed E-state index contributed by atoms with van der Waals surface area (Å²) in [6, 6.07) is 53.1. The largest absolute Gasteiger partial charge is 0.315 e. The first-order valence-corrected chi connectivity index (χ1v) is 31.7. The van der Waals surface area contributed by atoms with Crippen LogP contribution < -0.4 is 37.2 Å². The van der Waals surface area contributed by atoms with E-state index in [9.17, 15) is 0 Å². The molecular weight excluding hydrogens is 1280 g/mol. The van der Waals surface area contributed by atoms with E-state index in [1.165, 1.54) is 98.2 Å². The predicted molar refractivity (Wildman–Crippen MR) is 359 cm³/mol. The van der Waals surface area contributed by atoms with Gasteiger partial charge >= 0.3 is 0 Å². The van der Waals surface area contributed by atoms with Gasteiger partial charge in [-0.3, -0.25) is 5.10 Å². The number of rotatable bonds is 17. The molecule has 18 heteroatoms. The van der Waals surface area contributed by atoms with Crippen LogP contribution in [0.4, 0.5) is 0 Å². The number of halogens is 5. The molecule has 0 spiro atoms. The van der Waals surface area contributed by atoms with Crippen LogP contribution in [0.25, 0.3) is 5.69 Å². The highest BCUT2D eigenvalue weighted by Crippen LogP contribution is 2.26. The van der Waals surface area contributed by atoms with Gasteiger partial charge in [0.1, 0.15) is 25.3 Å². The summed E-state index contributed by atoms with van der Waals surface area (Å²) in [5, 5.41) is 36.2. The fourth-order valence-corrected chi connectivity index (χ4v) is 11.1. The molecule has 2 aliphatic carbocycles. The summed E-state index contributed by atoms with van der Waals surface area (Å²) < 4.78 is 3.71. The number of hydrogen-bond donors (Lipinski definition) is 8. The average Bonchev–Trinajstić information content (AvgIpc) is 4.44. The third kappa shape index (κ3) is 25.5. The second-order valence-electron chi connectivity index (χ2n) is 20.5. The SMILES string of the molecule is CN[C@@H]1CCCC[C@H]1NC.CN[C@@H]1CCCC[C@H]1NC.C[C@@H](NCc1ccc(Cl)c(-n2cncn2)c1)c1ccccc1.C[C@@H](NCc1ccc(Cl)c(Br)c1)c1ccccc1.C[C@@H](NCc1ccc(Cl)c(I)c1)c1ccccc1.c1nc[nH]n1. The van der Waals surface area contributed by atoms with Crippen LogP contribution in [0.1, 0.15) is 124 Å². The zero-order valence-electron chi connectivity index (χ0n) is 49.1. The first kappa shape index (κ1) is 69.2.